The third kappa shape index (κ3) is 4.55. The SMILES string of the molecule is COCCNC(=O)c1cccc(C(=O)N2CCN(C(C)=O)CC2)c1. The van der Waals surface area contributed by atoms with Crippen LogP contribution >= 0.6 is 0 Å². The molecule has 3 amide bonds. The Kier molecular flexibility index (Phi) is 6.31. The van der Waals surface area contributed by atoms with Crippen molar-refractivity contribution in [2.45, 2.75) is 6.92 Å². The number of carbonyl (C=O) groups is 3. The number of hydrogen-bond donors (Lipinski definition) is 1. The summed E-state index contributed by atoms with van der Waals surface area (Å²) in [6.45, 7) is 4.47. The van der Waals surface area contributed by atoms with Gasteiger partial charge >= 0.3 is 0 Å². The molecule has 0 bridgehead atoms. The van der Waals surface area contributed by atoms with Crippen molar-refractivity contribution in [1.29, 1.82) is 0 Å². The molecular weight excluding hydrogens is 310 g/mol. The molecule has 0 saturated carbocycles. The molecule has 2 rings (SSSR count). The molecule has 1 saturated heterocycles. The lowest BCUT2D eigenvalue weighted by Crippen LogP contribution is -2.50. The van der Waals surface area contributed by atoms with Gasteiger partial charge in [-0.2, -0.15) is 0 Å². The minimum absolute atomic E-state index is 0.0248. The number of methoxy groups -OCH3 is 1. The lowest BCUT2D eigenvalue weighted by atomic mass is 10.1. The van der Waals surface area contributed by atoms with Gasteiger partial charge in [0.25, 0.3) is 11.8 Å². The fourth-order valence-electron chi connectivity index (χ4n) is 2.57. The molecule has 1 fully saturated rings. The van der Waals surface area contributed by atoms with Crippen LogP contribution in [0.15, 0.2) is 24.3 Å². The maximum absolute atomic E-state index is 12.6. The van der Waals surface area contributed by atoms with Crippen molar-refractivity contribution >= 4 is 17.7 Å². The van der Waals surface area contributed by atoms with Crippen LogP contribution in [0.2, 0.25) is 0 Å². The highest BCUT2D eigenvalue weighted by molar-refractivity contribution is 5.99. The number of benzene rings is 1. The third-order valence-corrected chi connectivity index (χ3v) is 3.98. The zero-order valence-corrected chi connectivity index (χ0v) is 14.1. The first-order valence-corrected chi connectivity index (χ1v) is 7.95. The van der Waals surface area contributed by atoms with Gasteiger partial charge < -0.3 is 19.9 Å². The van der Waals surface area contributed by atoms with Crippen LogP contribution in [0.4, 0.5) is 0 Å². The second-order valence-electron chi connectivity index (χ2n) is 5.63. The normalized spacial score (nSPS) is 14.4. The standard InChI is InChI=1S/C17H23N3O4/c1-13(21)19-7-9-20(10-8-19)17(23)15-5-3-4-14(12-15)16(22)18-6-11-24-2/h3-5,12H,6-11H2,1-2H3,(H,18,22). The Balaban J connectivity index is 1.99. The van der Waals surface area contributed by atoms with Crippen LogP contribution in [0, 0.1) is 0 Å². The summed E-state index contributed by atoms with van der Waals surface area (Å²) in [5, 5.41) is 2.73. The Bertz CT molecular complexity index is 610. The molecule has 1 aromatic rings. The van der Waals surface area contributed by atoms with Crippen LogP contribution in [0.1, 0.15) is 27.6 Å². The molecule has 0 aliphatic carbocycles. The van der Waals surface area contributed by atoms with Gasteiger partial charge in [-0.05, 0) is 18.2 Å². The zero-order valence-electron chi connectivity index (χ0n) is 14.1. The molecule has 1 heterocycles. The van der Waals surface area contributed by atoms with Gasteiger partial charge in [-0.3, -0.25) is 14.4 Å². The number of amides is 3. The highest BCUT2D eigenvalue weighted by Crippen LogP contribution is 2.11. The Labute approximate surface area is 141 Å². The molecule has 7 heteroatoms. The van der Waals surface area contributed by atoms with Crippen molar-refractivity contribution in [1.82, 2.24) is 15.1 Å². The molecule has 1 aromatic carbocycles. The highest BCUT2D eigenvalue weighted by Gasteiger charge is 2.23. The van der Waals surface area contributed by atoms with Crippen LogP contribution in [0.25, 0.3) is 0 Å². The lowest BCUT2D eigenvalue weighted by Gasteiger charge is -2.34. The smallest absolute Gasteiger partial charge is 0.253 e. The molecule has 0 radical (unpaired) electrons. The van der Waals surface area contributed by atoms with Crippen LogP contribution in [0.3, 0.4) is 0 Å². The van der Waals surface area contributed by atoms with E-state index in [1.807, 2.05) is 0 Å². The number of piperazine rings is 1. The maximum Gasteiger partial charge on any atom is 0.253 e. The topological polar surface area (TPSA) is 79.0 Å². The number of hydrogen-bond acceptors (Lipinski definition) is 4. The molecule has 130 valence electrons. The maximum atomic E-state index is 12.6. The Morgan fingerprint density at radius 2 is 1.71 bits per heavy atom. The fourth-order valence-corrected chi connectivity index (χ4v) is 2.57. The van der Waals surface area contributed by atoms with E-state index < -0.39 is 0 Å². The van der Waals surface area contributed by atoms with Gasteiger partial charge in [0, 0.05) is 57.9 Å². The molecule has 0 atom stereocenters. The van der Waals surface area contributed by atoms with Crippen LogP contribution in [0.5, 0.6) is 0 Å². The van der Waals surface area contributed by atoms with Gasteiger partial charge in [-0.1, -0.05) is 6.07 Å². The number of nitrogens with zero attached hydrogens (tertiary/aromatic N) is 2. The first-order valence-electron chi connectivity index (χ1n) is 7.95. The van der Waals surface area contributed by atoms with Crippen LogP contribution in [-0.2, 0) is 9.53 Å². The minimum Gasteiger partial charge on any atom is -0.383 e. The third-order valence-electron chi connectivity index (χ3n) is 3.98. The van der Waals surface area contributed by atoms with Gasteiger partial charge in [-0.25, -0.2) is 0 Å². The van der Waals surface area contributed by atoms with Crippen molar-refractivity contribution in [3.8, 4) is 0 Å². The molecule has 0 spiro atoms. The summed E-state index contributed by atoms with van der Waals surface area (Å²) < 4.78 is 4.89. The van der Waals surface area contributed by atoms with Crippen molar-refractivity contribution in [2.24, 2.45) is 0 Å². The van der Waals surface area contributed by atoms with E-state index in [2.05, 4.69) is 5.32 Å². The summed E-state index contributed by atoms with van der Waals surface area (Å²) in [5.74, 6) is -0.329. The monoisotopic (exact) mass is 333 g/mol. The van der Waals surface area contributed by atoms with Crippen molar-refractivity contribution in [2.75, 3.05) is 46.4 Å². The molecule has 0 aromatic heterocycles. The van der Waals surface area contributed by atoms with E-state index in [1.54, 1.807) is 41.2 Å². The second-order valence-corrected chi connectivity index (χ2v) is 5.63. The molecule has 24 heavy (non-hydrogen) atoms. The number of nitrogens with one attached hydrogen (secondary N) is 1. The summed E-state index contributed by atoms with van der Waals surface area (Å²) in [5.41, 5.74) is 0.921. The van der Waals surface area contributed by atoms with Crippen LogP contribution in [-0.4, -0.2) is 74.0 Å². The first kappa shape index (κ1) is 17.9. The molecule has 1 N–H and O–H groups in total. The molecule has 7 nitrogen and oxygen atoms in total. The fraction of sp³-hybridized carbons (Fsp3) is 0.471. The Morgan fingerprint density at radius 3 is 2.33 bits per heavy atom. The average Bonchev–Trinajstić information content (AvgIpc) is 2.61. The summed E-state index contributed by atoms with van der Waals surface area (Å²) in [7, 11) is 1.57. The Hall–Kier alpha value is -2.41. The van der Waals surface area contributed by atoms with E-state index in [0.29, 0.717) is 50.5 Å². The van der Waals surface area contributed by atoms with E-state index in [1.165, 1.54) is 6.92 Å². The van der Waals surface area contributed by atoms with Gasteiger partial charge in [0.15, 0.2) is 0 Å². The second kappa shape index (κ2) is 8.44. The summed E-state index contributed by atoms with van der Waals surface area (Å²) >= 11 is 0. The first-order chi connectivity index (χ1) is 11.5. The van der Waals surface area contributed by atoms with Crippen molar-refractivity contribution < 1.29 is 19.1 Å². The average molecular weight is 333 g/mol. The lowest BCUT2D eigenvalue weighted by molar-refractivity contribution is -0.130. The van der Waals surface area contributed by atoms with E-state index in [9.17, 15) is 14.4 Å². The van der Waals surface area contributed by atoms with Crippen LogP contribution < -0.4 is 5.32 Å². The predicted molar refractivity (Wildman–Crippen MR) is 88.8 cm³/mol. The highest BCUT2D eigenvalue weighted by atomic mass is 16.5. The summed E-state index contributed by atoms with van der Waals surface area (Å²) in [4.78, 5) is 39.4. The van der Waals surface area contributed by atoms with Gasteiger partial charge in [-0.15, -0.1) is 0 Å². The minimum atomic E-state index is -0.233. The quantitative estimate of drug-likeness (QED) is 0.790. The summed E-state index contributed by atoms with van der Waals surface area (Å²) in [6, 6.07) is 6.67. The molecule has 1 aliphatic rings. The van der Waals surface area contributed by atoms with E-state index in [0.717, 1.165) is 0 Å². The van der Waals surface area contributed by atoms with Crippen molar-refractivity contribution in [3.63, 3.8) is 0 Å². The number of ether oxygens (including phenoxy) is 1. The molecule has 1 aliphatic heterocycles. The molecular formula is C17H23N3O4. The molecule has 0 unspecified atom stereocenters. The van der Waals surface area contributed by atoms with Crippen molar-refractivity contribution in [3.05, 3.63) is 35.4 Å². The van der Waals surface area contributed by atoms with E-state index in [4.69, 9.17) is 4.74 Å². The van der Waals surface area contributed by atoms with E-state index in [-0.39, 0.29) is 17.7 Å². The summed E-state index contributed by atoms with van der Waals surface area (Å²) in [6.07, 6.45) is 0. The predicted octanol–water partition coefficient (Wildman–Crippen LogP) is 0.367. The van der Waals surface area contributed by atoms with Gasteiger partial charge in [0.1, 0.15) is 0 Å². The van der Waals surface area contributed by atoms with E-state index >= 15 is 0 Å². The van der Waals surface area contributed by atoms with Gasteiger partial charge in [0.05, 0.1) is 6.61 Å². The van der Waals surface area contributed by atoms with Gasteiger partial charge in [0.2, 0.25) is 5.91 Å². The largest absolute Gasteiger partial charge is 0.383 e. The number of carbonyl (C=O) groups excluding carboxylic acids is 3. The Morgan fingerprint density at radius 1 is 1.08 bits per heavy atom. The number of rotatable bonds is 5. The zero-order chi connectivity index (χ0) is 17.5.